The fraction of sp³-hybridized carbons (Fsp3) is 0.929. The second kappa shape index (κ2) is 7.74. The molecule has 0 aliphatic heterocycles. The second-order valence-electron chi connectivity index (χ2n) is 5.17. The summed E-state index contributed by atoms with van der Waals surface area (Å²) in [4.78, 5) is 13.9. The first-order chi connectivity index (χ1) is 8.60. The first-order valence-corrected chi connectivity index (χ1v) is 7.00. The van der Waals surface area contributed by atoms with Crippen molar-refractivity contribution in [3.05, 3.63) is 0 Å². The molecule has 0 aromatic rings. The maximum atomic E-state index is 11.6. The van der Waals surface area contributed by atoms with Crippen molar-refractivity contribution in [1.29, 1.82) is 0 Å². The summed E-state index contributed by atoms with van der Waals surface area (Å²) in [5.41, 5.74) is 0. The molecule has 1 saturated carbocycles. The monoisotopic (exact) mass is 257 g/mol. The molecule has 1 aliphatic carbocycles. The highest BCUT2D eigenvalue weighted by Gasteiger charge is 2.34. The zero-order valence-electron chi connectivity index (χ0n) is 12.1. The third kappa shape index (κ3) is 4.94. The summed E-state index contributed by atoms with van der Waals surface area (Å²) in [5, 5.41) is 0. The average molecular weight is 257 g/mol. The van der Waals surface area contributed by atoms with Crippen molar-refractivity contribution in [3.63, 3.8) is 0 Å². The standard InChI is InChI=1S/C14H27NO3/c1-5-18-14(16)10-11(2)15(8-9-17-4)12(3)13-6-7-13/h11-13H,5-10H2,1-4H3. The summed E-state index contributed by atoms with van der Waals surface area (Å²) in [6, 6.07) is 0.749. The van der Waals surface area contributed by atoms with Gasteiger partial charge in [0, 0.05) is 25.7 Å². The van der Waals surface area contributed by atoms with Crippen molar-refractivity contribution in [2.24, 2.45) is 5.92 Å². The zero-order chi connectivity index (χ0) is 13.5. The Morgan fingerprint density at radius 1 is 1.39 bits per heavy atom. The Morgan fingerprint density at radius 2 is 2.06 bits per heavy atom. The van der Waals surface area contributed by atoms with Crippen LogP contribution in [-0.2, 0) is 14.3 Å². The predicted octanol–water partition coefficient (Wildman–Crippen LogP) is 2.08. The van der Waals surface area contributed by atoms with E-state index in [1.807, 2.05) is 6.92 Å². The molecular weight excluding hydrogens is 230 g/mol. The van der Waals surface area contributed by atoms with Gasteiger partial charge in [-0.15, -0.1) is 0 Å². The molecule has 0 bridgehead atoms. The number of nitrogens with zero attached hydrogens (tertiary/aromatic N) is 1. The van der Waals surface area contributed by atoms with E-state index >= 15 is 0 Å². The molecule has 0 aromatic heterocycles. The molecule has 4 nitrogen and oxygen atoms in total. The molecule has 0 radical (unpaired) electrons. The minimum Gasteiger partial charge on any atom is -0.466 e. The number of ether oxygens (including phenoxy) is 2. The van der Waals surface area contributed by atoms with Crippen LogP contribution in [0.15, 0.2) is 0 Å². The summed E-state index contributed by atoms with van der Waals surface area (Å²) >= 11 is 0. The molecule has 106 valence electrons. The van der Waals surface area contributed by atoms with E-state index in [0.717, 1.165) is 12.5 Å². The van der Waals surface area contributed by atoms with E-state index in [-0.39, 0.29) is 12.0 Å². The molecule has 0 heterocycles. The van der Waals surface area contributed by atoms with Crippen molar-refractivity contribution >= 4 is 5.97 Å². The first kappa shape index (κ1) is 15.4. The first-order valence-electron chi connectivity index (χ1n) is 7.00. The van der Waals surface area contributed by atoms with Gasteiger partial charge in [-0.1, -0.05) is 0 Å². The van der Waals surface area contributed by atoms with Gasteiger partial charge in [-0.2, -0.15) is 0 Å². The lowest BCUT2D eigenvalue weighted by Crippen LogP contribution is -2.44. The Labute approximate surface area is 111 Å². The lowest BCUT2D eigenvalue weighted by Gasteiger charge is -2.34. The molecule has 1 rings (SSSR count). The van der Waals surface area contributed by atoms with Gasteiger partial charge in [0.05, 0.1) is 19.6 Å². The van der Waals surface area contributed by atoms with Crippen molar-refractivity contribution in [2.45, 2.75) is 52.1 Å². The third-order valence-electron chi connectivity index (χ3n) is 3.71. The Kier molecular flexibility index (Phi) is 6.65. The zero-order valence-corrected chi connectivity index (χ0v) is 12.1. The Balaban J connectivity index is 2.48. The molecule has 1 aliphatic rings. The lowest BCUT2D eigenvalue weighted by molar-refractivity contribution is -0.144. The van der Waals surface area contributed by atoms with Gasteiger partial charge in [0.15, 0.2) is 0 Å². The Morgan fingerprint density at radius 3 is 2.56 bits per heavy atom. The van der Waals surface area contributed by atoms with Crippen LogP contribution in [-0.4, -0.2) is 49.8 Å². The fourth-order valence-corrected chi connectivity index (χ4v) is 2.45. The molecule has 2 unspecified atom stereocenters. The fourth-order valence-electron chi connectivity index (χ4n) is 2.45. The van der Waals surface area contributed by atoms with Crippen LogP contribution in [0, 0.1) is 5.92 Å². The van der Waals surface area contributed by atoms with E-state index in [0.29, 0.717) is 25.7 Å². The lowest BCUT2D eigenvalue weighted by atomic mass is 10.1. The number of hydrogen-bond donors (Lipinski definition) is 0. The highest BCUT2D eigenvalue weighted by atomic mass is 16.5. The molecule has 0 N–H and O–H groups in total. The molecule has 0 spiro atoms. The highest BCUT2D eigenvalue weighted by molar-refractivity contribution is 5.70. The highest BCUT2D eigenvalue weighted by Crippen LogP contribution is 2.36. The number of carbonyl (C=O) groups is 1. The van der Waals surface area contributed by atoms with Crippen LogP contribution in [0.5, 0.6) is 0 Å². The average Bonchev–Trinajstić information content (AvgIpc) is 3.13. The van der Waals surface area contributed by atoms with Crippen LogP contribution in [0.4, 0.5) is 0 Å². The van der Waals surface area contributed by atoms with Crippen molar-refractivity contribution < 1.29 is 14.3 Å². The van der Waals surface area contributed by atoms with E-state index in [1.54, 1.807) is 7.11 Å². The maximum absolute atomic E-state index is 11.6. The van der Waals surface area contributed by atoms with Crippen LogP contribution in [0.2, 0.25) is 0 Å². The van der Waals surface area contributed by atoms with Gasteiger partial charge in [0.2, 0.25) is 0 Å². The van der Waals surface area contributed by atoms with E-state index in [9.17, 15) is 4.79 Å². The van der Waals surface area contributed by atoms with E-state index in [1.165, 1.54) is 12.8 Å². The predicted molar refractivity (Wildman–Crippen MR) is 71.5 cm³/mol. The van der Waals surface area contributed by atoms with Crippen LogP contribution >= 0.6 is 0 Å². The molecule has 0 amide bonds. The molecule has 18 heavy (non-hydrogen) atoms. The minimum atomic E-state index is -0.101. The maximum Gasteiger partial charge on any atom is 0.307 e. The van der Waals surface area contributed by atoms with Crippen LogP contribution in [0.1, 0.15) is 40.0 Å². The van der Waals surface area contributed by atoms with Crippen LogP contribution in [0.25, 0.3) is 0 Å². The molecule has 4 heteroatoms. The van der Waals surface area contributed by atoms with Crippen molar-refractivity contribution in [1.82, 2.24) is 4.90 Å². The van der Waals surface area contributed by atoms with Crippen LogP contribution < -0.4 is 0 Å². The van der Waals surface area contributed by atoms with E-state index in [2.05, 4.69) is 18.7 Å². The molecule has 1 fully saturated rings. The normalized spacial score (nSPS) is 18.7. The summed E-state index contributed by atoms with van der Waals surface area (Å²) in [5.74, 6) is 0.696. The van der Waals surface area contributed by atoms with Gasteiger partial charge < -0.3 is 9.47 Å². The Hall–Kier alpha value is -0.610. The van der Waals surface area contributed by atoms with Gasteiger partial charge in [-0.3, -0.25) is 9.69 Å². The number of esters is 1. The third-order valence-corrected chi connectivity index (χ3v) is 3.71. The number of rotatable bonds is 9. The van der Waals surface area contributed by atoms with Gasteiger partial charge in [0.25, 0.3) is 0 Å². The summed E-state index contributed by atoms with van der Waals surface area (Å²) in [7, 11) is 1.72. The minimum absolute atomic E-state index is 0.101. The summed E-state index contributed by atoms with van der Waals surface area (Å²) < 4.78 is 10.2. The van der Waals surface area contributed by atoms with Crippen molar-refractivity contribution in [2.75, 3.05) is 26.9 Å². The quantitative estimate of drug-likeness (QED) is 0.593. The molecule has 0 aromatic carbocycles. The van der Waals surface area contributed by atoms with Gasteiger partial charge in [0.1, 0.15) is 0 Å². The summed E-state index contributed by atoms with van der Waals surface area (Å²) in [6.45, 7) is 8.26. The van der Waals surface area contributed by atoms with E-state index in [4.69, 9.17) is 9.47 Å². The number of methoxy groups -OCH3 is 1. The largest absolute Gasteiger partial charge is 0.466 e. The number of carbonyl (C=O) groups excluding carboxylic acids is 1. The van der Waals surface area contributed by atoms with Gasteiger partial charge in [-0.05, 0) is 39.5 Å². The van der Waals surface area contributed by atoms with Gasteiger partial charge >= 0.3 is 5.97 Å². The van der Waals surface area contributed by atoms with Crippen LogP contribution in [0.3, 0.4) is 0 Å². The SMILES string of the molecule is CCOC(=O)CC(C)N(CCOC)C(C)C1CC1. The van der Waals surface area contributed by atoms with Gasteiger partial charge in [-0.25, -0.2) is 0 Å². The molecular formula is C14H27NO3. The number of hydrogen-bond acceptors (Lipinski definition) is 4. The Bertz CT molecular complexity index is 253. The molecule has 0 saturated heterocycles. The summed E-state index contributed by atoms with van der Waals surface area (Å²) in [6.07, 6.45) is 3.10. The second-order valence-corrected chi connectivity index (χ2v) is 5.17. The topological polar surface area (TPSA) is 38.8 Å². The van der Waals surface area contributed by atoms with Crippen molar-refractivity contribution in [3.8, 4) is 0 Å². The van der Waals surface area contributed by atoms with E-state index < -0.39 is 0 Å². The smallest absolute Gasteiger partial charge is 0.307 e. The molecule has 2 atom stereocenters.